The first-order valence-electron chi connectivity index (χ1n) is 8.57. The van der Waals surface area contributed by atoms with Crippen LogP contribution in [0.15, 0.2) is 57.7 Å². The van der Waals surface area contributed by atoms with Crippen molar-refractivity contribution in [3.63, 3.8) is 0 Å². The number of hydrogen-bond acceptors (Lipinski definition) is 3. The summed E-state index contributed by atoms with van der Waals surface area (Å²) in [5.41, 5.74) is 5.42. The van der Waals surface area contributed by atoms with Gasteiger partial charge in [0.05, 0.1) is 0 Å². The second-order valence-corrected chi connectivity index (χ2v) is 6.57. The van der Waals surface area contributed by atoms with Crippen molar-refractivity contribution in [2.45, 2.75) is 38.8 Å². The van der Waals surface area contributed by atoms with E-state index < -0.39 is 0 Å². The predicted octanol–water partition coefficient (Wildman–Crippen LogP) is 4.13. The van der Waals surface area contributed by atoms with E-state index in [2.05, 4.69) is 36.5 Å². The van der Waals surface area contributed by atoms with E-state index in [-0.39, 0.29) is 11.7 Å². The minimum atomic E-state index is -0.274. The summed E-state index contributed by atoms with van der Waals surface area (Å²) in [6.45, 7) is 2.79. The molecule has 0 radical (unpaired) electrons. The fourth-order valence-corrected chi connectivity index (χ4v) is 3.56. The summed E-state index contributed by atoms with van der Waals surface area (Å²) in [6.07, 6.45) is 3.40. The highest BCUT2D eigenvalue weighted by molar-refractivity contribution is 5.82. The Hall–Kier alpha value is -2.39. The molecule has 122 valence electrons. The molecular weight excluding hydrogens is 298 g/mol. The molecule has 0 bridgehead atoms. The Morgan fingerprint density at radius 3 is 2.62 bits per heavy atom. The molecule has 4 rings (SSSR count). The molecule has 3 aromatic rings. The molecule has 0 saturated heterocycles. The van der Waals surface area contributed by atoms with E-state index in [1.54, 1.807) is 6.07 Å². The van der Waals surface area contributed by atoms with Crippen LogP contribution in [0.1, 0.15) is 41.6 Å². The fourth-order valence-electron chi connectivity index (χ4n) is 3.56. The lowest BCUT2D eigenvalue weighted by Crippen LogP contribution is -2.19. The number of benzene rings is 2. The molecule has 1 aliphatic rings. The molecular formula is C21H21NO2. The number of hydrogen-bond donors (Lipinski definition) is 1. The van der Waals surface area contributed by atoms with Gasteiger partial charge in [-0.15, -0.1) is 0 Å². The van der Waals surface area contributed by atoms with E-state index in [0.717, 1.165) is 23.8 Å². The number of rotatable bonds is 4. The predicted molar refractivity (Wildman–Crippen MR) is 96.2 cm³/mol. The third-order valence-electron chi connectivity index (χ3n) is 4.94. The maximum Gasteiger partial charge on any atom is 0.336 e. The van der Waals surface area contributed by atoms with Gasteiger partial charge in [-0.1, -0.05) is 30.3 Å². The smallest absolute Gasteiger partial charge is 0.336 e. The molecule has 0 aliphatic heterocycles. The standard InChI is InChI=1S/C21H21NO2/c1-14(15-6-3-2-4-7-15)22-13-18-12-21(23)24-20-11-17-9-5-8-16(17)10-19(18)20/h2-4,6-7,10-12,14,22H,5,8-9,13H2,1H3/t14-/m1/s1. The highest BCUT2D eigenvalue weighted by Gasteiger charge is 2.15. The summed E-state index contributed by atoms with van der Waals surface area (Å²) in [6, 6.07) is 16.5. The lowest BCUT2D eigenvalue weighted by molar-refractivity contribution is 0.547. The molecule has 0 fully saturated rings. The Kier molecular flexibility index (Phi) is 3.95. The molecule has 1 N–H and O–H groups in total. The molecule has 1 aromatic heterocycles. The van der Waals surface area contributed by atoms with E-state index >= 15 is 0 Å². The van der Waals surface area contributed by atoms with Crippen LogP contribution in [-0.2, 0) is 19.4 Å². The zero-order chi connectivity index (χ0) is 16.5. The number of aryl methyl sites for hydroxylation is 2. The summed E-state index contributed by atoms with van der Waals surface area (Å²) in [5, 5.41) is 4.58. The van der Waals surface area contributed by atoms with Crippen LogP contribution in [0.2, 0.25) is 0 Å². The molecule has 0 amide bonds. The largest absolute Gasteiger partial charge is 0.423 e. The maximum absolute atomic E-state index is 11.9. The number of fused-ring (bicyclic) bond motifs is 2. The van der Waals surface area contributed by atoms with Gasteiger partial charge in [0.2, 0.25) is 0 Å². The van der Waals surface area contributed by atoms with Crippen LogP contribution < -0.4 is 10.9 Å². The van der Waals surface area contributed by atoms with Crippen molar-refractivity contribution < 1.29 is 4.42 Å². The fraction of sp³-hybridized carbons (Fsp3) is 0.286. The summed E-state index contributed by atoms with van der Waals surface area (Å²) in [7, 11) is 0. The summed E-state index contributed by atoms with van der Waals surface area (Å²) >= 11 is 0. The van der Waals surface area contributed by atoms with Gasteiger partial charge in [0.1, 0.15) is 5.58 Å². The Bertz CT molecular complexity index is 928. The van der Waals surface area contributed by atoms with Gasteiger partial charge in [-0.25, -0.2) is 4.79 Å². The van der Waals surface area contributed by atoms with E-state index in [0.29, 0.717) is 12.1 Å². The first-order valence-corrected chi connectivity index (χ1v) is 8.57. The number of nitrogens with one attached hydrogen (secondary N) is 1. The van der Waals surface area contributed by atoms with E-state index in [9.17, 15) is 4.79 Å². The molecule has 1 aliphatic carbocycles. The minimum Gasteiger partial charge on any atom is -0.423 e. The first kappa shape index (κ1) is 15.2. The van der Waals surface area contributed by atoms with Crippen molar-refractivity contribution in [3.8, 4) is 0 Å². The minimum absolute atomic E-state index is 0.225. The Morgan fingerprint density at radius 2 is 1.83 bits per heavy atom. The SMILES string of the molecule is C[C@@H](NCc1cc(=O)oc2cc3c(cc12)CCC3)c1ccccc1. The molecule has 0 saturated carbocycles. The van der Waals surface area contributed by atoms with Crippen molar-refractivity contribution in [1.82, 2.24) is 5.32 Å². The van der Waals surface area contributed by atoms with Gasteiger partial charge in [-0.2, -0.15) is 0 Å². The van der Waals surface area contributed by atoms with Crippen LogP contribution in [-0.4, -0.2) is 0 Å². The van der Waals surface area contributed by atoms with Gasteiger partial charge in [0.25, 0.3) is 0 Å². The molecule has 0 unspecified atom stereocenters. The van der Waals surface area contributed by atoms with Crippen molar-refractivity contribution in [1.29, 1.82) is 0 Å². The van der Waals surface area contributed by atoms with Gasteiger partial charge in [0, 0.05) is 24.0 Å². The molecule has 1 heterocycles. The zero-order valence-electron chi connectivity index (χ0n) is 13.8. The third kappa shape index (κ3) is 2.87. The normalized spacial score (nSPS) is 14.7. The van der Waals surface area contributed by atoms with Crippen molar-refractivity contribution in [2.24, 2.45) is 0 Å². The van der Waals surface area contributed by atoms with Crippen LogP contribution in [0, 0.1) is 0 Å². The maximum atomic E-state index is 11.9. The Morgan fingerprint density at radius 1 is 1.08 bits per heavy atom. The molecule has 2 aromatic carbocycles. The quantitative estimate of drug-likeness (QED) is 0.735. The topological polar surface area (TPSA) is 42.2 Å². The molecule has 1 atom stereocenters. The van der Waals surface area contributed by atoms with Crippen LogP contribution in [0.25, 0.3) is 11.0 Å². The van der Waals surface area contributed by atoms with E-state index in [4.69, 9.17) is 4.42 Å². The van der Waals surface area contributed by atoms with Gasteiger partial charge in [0.15, 0.2) is 0 Å². The van der Waals surface area contributed by atoms with E-state index in [1.807, 2.05) is 18.2 Å². The van der Waals surface area contributed by atoms with Crippen molar-refractivity contribution in [2.75, 3.05) is 0 Å². The first-order chi connectivity index (χ1) is 11.7. The van der Waals surface area contributed by atoms with Gasteiger partial charge >= 0.3 is 5.63 Å². The zero-order valence-corrected chi connectivity index (χ0v) is 13.8. The molecule has 24 heavy (non-hydrogen) atoms. The van der Waals surface area contributed by atoms with Gasteiger partial charge in [-0.05, 0) is 60.6 Å². The van der Waals surface area contributed by atoms with Crippen LogP contribution in [0.3, 0.4) is 0 Å². The van der Waals surface area contributed by atoms with Crippen LogP contribution in [0.4, 0.5) is 0 Å². The lowest BCUT2D eigenvalue weighted by Gasteiger charge is -2.15. The summed E-state index contributed by atoms with van der Waals surface area (Å²) in [4.78, 5) is 11.9. The van der Waals surface area contributed by atoms with Gasteiger partial charge in [-0.3, -0.25) is 0 Å². The second-order valence-electron chi connectivity index (χ2n) is 6.57. The van der Waals surface area contributed by atoms with Crippen LogP contribution in [0.5, 0.6) is 0 Å². The average molecular weight is 319 g/mol. The third-order valence-corrected chi connectivity index (χ3v) is 4.94. The highest BCUT2D eigenvalue weighted by atomic mass is 16.4. The summed E-state index contributed by atoms with van der Waals surface area (Å²) in [5.74, 6) is 0. The van der Waals surface area contributed by atoms with E-state index in [1.165, 1.54) is 23.1 Å². The second kappa shape index (κ2) is 6.25. The monoisotopic (exact) mass is 319 g/mol. The molecule has 3 nitrogen and oxygen atoms in total. The van der Waals surface area contributed by atoms with Crippen molar-refractivity contribution >= 4 is 11.0 Å². The molecule has 3 heteroatoms. The van der Waals surface area contributed by atoms with Gasteiger partial charge < -0.3 is 9.73 Å². The van der Waals surface area contributed by atoms with Crippen molar-refractivity contribution in [3.05, 3.63) is 81.2 Å². The Labute approximate surface area is 141 Å². The Balaban J connectivity index is 1.65. The highest BCUT2D eigenvalue weighted by Crippen LogP contribution is 2.28. The summed E-state index contributed by atoms with van der Waals surface area (Å²) < 4.78 is 5.44. The molecule has 0 spiro atoms. The lowest BCUT2D eigenvalue weighted by atomic mass is 10.0. The van der Waals surface area contributed by atoms with Crippen LogP contribution >= 0.6 is 0 Å². The average Bonchev–Trinajstić information content (AvgIpc) is 3.05.